The van der Waals surface area contributed by atoms with Crippen molar-refractivity contribution < 1.29 is 32.6 Å². The van der Waals surface area contributed by atoms with Crippen LogP contribution in [-0.2, 0) is 13.5 Å². The molecule has 3 N–H and O–H groups in total. The molecule has 2 rings (SSSR count). The second kappa shape index (κ2) is 9.13. The van der Waals surface area contributed by atoms with Crippen LogP contribution in [0.15, 0.2) is 18.2 Å². The summed E-state index contributed by atoms with van der Waals surface area (Å²) in [6, 6.07) is 3.61. The van der Waals surface area contributed by atoms with Gasteiger partial charge in [0.25, 0.3) is 5.91 Å². The largest absolute Gasteiger partial charge is 0.496 e. The Morgan fingerprint density at radius 1 is 1.19 bits per heavy atom. The number of hydrogen-bond acceptors (Lipinski definition) is 5. The minimum atomic E-state index is -3.26. The summed E-state index contributed by atoms with van der Waals surface area (Å²) in [4.78, 5) is 38.7. The van der Waals surface area contributed by atoms with Crippen LogP contribution < -0.4 is 15.8 Å². The van der Waals surface area contributed by atoms with Crippen molar-refractivity contribution in [2.24, 2.45) is 5.73 Å². The van der Waals surface area contributed by atoms with Crippen molar-refractivity contribution in [1.29, 1.82) is 0 Å². The molecule has 1 heterocycles. The lowest BCUT2D eigenvalue weighted by atomic mass is 9.86. The number of halogens is 3. The number of nitrogens with two attached hydrogens (primary N) is 1. The van der Waals surface area contributed by atoms with E-state index in [0.717, 1.165) is 28.7 Å². The summed E-state index contributed by atoms with van der Waals surface area (Å²) >= 11 is 0.949. The van der Waals surface area contributed by atoms with Gasteiger partial charge in [-0.15, -0.1) is 0 Å². The Morgan fingerprint density at radius 2 is 1.77 bits per heavy atom. The van der Waals surface area contributed by atoms with Crippen LogP contribution in [0.2, 0.25) is 0 Å². The standard InChI is InChI=1S/C20H26F2IN3O5/c1-18(2,3)31-17(29)26-9-7-19(8-10-26,16(24)28)25-15(27)12-5-6-14(30-4)13(11-12)20(21,22)23/h5-6,11H,7-10H2,1-4H3,(H2,24,28)(H,25,27). The smallest absolute Gasteiger partial charge is 0.410 e. The third-order valence-electron chi connectivity index (χ3n) is 4.86. The van der Waals surface area contributed by atoms with E-state index in [1.165, 1.54) is 24.1 Å². The van der Waals surface area contributed by atoms with Gasteiger partial charge in [0.15, 0.2) is 0 Å². The van der Waals surface area contributed by atoms with E-state index in [0.29, 0.717) is 0 Å². The van der Waals surface area contributed by atoms with E-state index in [1.807, 2.05) is 0 Å². The molecule has 172 valence electrons. The monoisotopic (exact) mass is 553 g/mol. The van der Waals surface area contributed by atoms with Gasteiger partial charge in [-0.1, -0.05) is 0 Å². The second-order valence-electron chi connectivity index (χ2n) is 8.28. The van der Waals surface area contributed by atoms with E-state index in [1.54, 1.807) is 20.8 Å². The number of rotatable bonds is 5. The SMILES string of the molecule is COc1ccc(C(=O)NC2(C(N)=O)CCN(C(=O)OC(C)(C)C)CC2)cc1C(F)(F)I. The number of primary amides is 1. The number of ether oxygens (including phenoxy) is 2. The van der Waals surface area contributed by atoms with Crippen LogP contribution in [-0.4, -0.2) is 54.1 Å². The molecule has 0 radical (unpaired) electrons. The molecule has 31 heavy (non-hydrogen) atoms. The fourth-order valence-electron chi connectivity index (χ4n) is 3.19. The number of carbonyl (C=O) groups excluding carboxylic acids is 3. The van der Waals surface area contributed by atoms with Crippen LogP contribution in [0, 0.1) is 0 Å². The molecule has 0 atom stereocenters. The Labute approximate surface area is 192 Å². The highest BCUT2D eigenvalue weighted by atomic mass is 127. The van der Waals surface area contributed by atoms with Gasteiger partial charge < -0.3 is 25.4 Å². The van der Waals surface area contributed by atoms with Crippen molar-refractivity contribution >= 4 is 40.5 Å². The summed E-state index contributed by atoms with van der Waals surface area (Å²) < 4.78 is 34.8. The van der Waals surface area contributed by atoms with Crippen molar-refractivity contribution in [2.45, 2.75) is 48.7 Å². The van der Waals surface area contributed by atoms with Gasteiger partial charge in [-0.2, -0.15) is 8.78 Å². The maximum absolute atomic E-state index is 13.9. The average Bonchev–Trinajstić information content (AvgIpc) is 2.65. The number of amides is 3. The molecule has 0 aliphatic carbocycles. The topological polar surface area (TPSA) is 111 Å². The van der Waals surface area contributed by atoms with Crippen molar-refractivity contribution in [3.8, 4) is 5.75 Å². The molecule has 1 saturated heterocycles. The zero-order chi connectivity index (χ0) is 23.6. The van der Waals surface area contributed by atoms with Gasteiger partial charge in [0.05, 0.1) is 12.7 Å². The first-order valence-electron chi connectivity index (χ1n) is 9.54. The van der Waals surface area contributed by atoms with Crippen LogP contribution in [0.4, 0.5) is 13.6 Å². The van der Waals surface area contributed by atoms with E-state index in [4.69, 9.17) is 15.2 Å². The summed E-state index contributed by atoms with van der Waals surface area (Å²) in [7, 11) is 1.25. The van der Waals surface area contributed by atoms with Gasteiger partial charge in [0.1, 0.15) is 16.9 Å². The van der Waals surface area contributed by atoms with E-state index in [-0.39, 0.29) is 37.2 Å². The number of benzene rings is 1. The molecule has 0 aromatic heterocycles. The van der Waals surface area contributed by atoms with Crippen molar-refractivity contribution in [1.82, 2.24) is 10.2 Å². The molecular formula is C20H26F2IN3O5. The molecule has 1 aromatic carbocycles. The number of piperidine rings is 1. The molecule has 1 aliphatic rings. The van der Waals surface area contributed by atoms with E-state index in [9.17, 15) is 23.2 Å². The second-order valence-corrected chi connectivity index (χ2v) is 9.64. The first-order valence-corrected chi connectivity index (χ1v) is 10.6. The maximum atomic E-state index is 13.9. The van der Waals surface area contributed by atoms with Crippen molar-refractivity contribution in [3.63, 3.8) is 0 Å². The van der Waals surface area contributed by atoms with E-state index >= 15 is 0 Å². The Bertz CT molecular complexity index is 859. The maximum Gasteiger partial charge on any atom is 0.410 e. The number of nitrogens with one attached hydrogen (secondary N) is 1. The summed E-state index contributed by atoms with van der Waals surface area (Å²) in [5, 5.41) is 2.59. The minimum absolute atomic E-state index is 0.0637. The normalized spacial score (nSPS) is 16.4. The lowest BCUT2D eigenvalue weighted by Crippen LogP contribution is -2.63. The number of carbonyl (C=O) groups is 3. The Hall–Kier alpha value is -2.18. The third kappa shape index (κ3) is 6.17. The molecule has 8 nitrogen and oxygen atoms in total. The predicted molar refractivity (Wildman–Crippen MR) is 117 cm³/mol. The van der Waals surface area contributed by atoms with Gasteiger partial charge >= 0.3 is 10.0 Å². The van der Waals surface area contributed by atoms with Crippen molar-refractivity contribution in [3.05, 3.63) is 29.3 Å². The van der Waals surface area contributed by atoms with Gasteiger partial charge in [-0.25, -0.2) is 4.79 Å². The van der Waals surface area contributed by atoms with E-state index in [2.05, 4.69) is 5.32 Å². The first-order chi connectivity index (χ1) is 14.2. The third-order valence-corrected chi connectivity index (χ3v) is 5.44. The molecule has 3 amide bonds. The fourth-order valence-corrected chi connectivity index (χ4v) is 3.61. The number of alkyl halides is 3. The zero-order valence-corrected chi connectivity index (χ0v) is 19.9. The van der Waals surface area contributed by atoms with Crippen LogP contribution in [0.3, 0.4) is 0 Å². The predicted octanol–water partition coefficient (Wildman–Crippen LogP) is 3.16. The zero-order valence-electron chi connectivity index (χ0n) is 17.8. The fraction of sp³-hybridized carbons (Fsp3) is 0.550. The summed E-state index contributed by atoms with van der Waals surface area (Å²) in [5.74, 6) is -1.56. The Morgan fingerprint density at radius 3 is 2.23 bits per heavy atom. The van der Waals surface area contributed by atoms with Crippen LogP contribution in [0.25, 0.3) is 0 Å². The number of nitrogens with zero attached hydrogens (tertiary/aromatic N) is 1. The molecule has 0 bridgehead atoms. The van der Waals surface area contributed by atoms with Crippen LogP contribution in [0.5, 0.6) is 5.75 Å². The van der Waals surface area contributed by atoms with Gasteiger partial charge in [0, 0.05) is 41.2 Å². The molecule has 0 spiro atoms. The van der Waals surface area contributed by atoms with Crippen molar-refractivity contribution in [2.75, 3.05) is 20.2 Å². The summed E-state index contributed by atoms with van der Waals surface area (Å²) in [6.45, 7) is 5.50. The molecular weight excluding hydrogens is 527 g/mol. The number of hydrogen-bond donors (Lipinski definition) is 2. The van der Waals surface area contributed by atoms with Crippen LogP contribution >= 0.6 is 22.6 Å². The van der Waals surface area contributed by atoms with Gasteiger partial charge in [-0.3, -0.25) is 9.59 Å². The molecule has 1 aliphatic heterocycles. The Balaban J connectivity index is 2.19. The van der Waals surface area contributed by atoms with Gasteiger partial charge in [0.2, 0.25) is 5.91 Å². The summed E-state index contributed by atoms with van der Waals surface area (Å²) in [6.07, 6.45) is -0.390. The van der Waals surface area contributed by atoms with Gasteiger partial charge in [-0.05, 0) is 51.8 Å². The summed E-state index contributed by atoms with van der Waals surface area (Å²) in [5.41, 5.74) is 2.95. The highest BCUT2D eigenvalue weighted by molar-refractivity contribution is 14.1. The van der Waals surface area contributed by atoms with E-state index < -0.39 is 38.5 Å². The molecule has 0 unspecified atom stereocenters. The molecule has 1 aromatic rings. The molecule has 0 saturated carbocycles. The minimum Gasteiger partial charge on any atom is -0.496 e. The number of methoxy groups -OCH3 is 1. The highest BCUT2D eigenvalue weighted by Crippen LogP contribution is 2.41. The Kier molecular flexibility index (Phi) is 7.39. The lowest BCUT2D eigenvalue weighted by Gasteiger charge is -2.40. The molecule has 11 heteroatoms. The first kappa shape index (κ1) is 25.1. The highest BCUT2D eigenvalue weighted by Gasteiger charge is 2.43. The molecule has 1 fully saturated rings. The lowest BCUT2D eigenvalue weighted by molar-refractivity contribution is -0.126. The van der Waals surface area contributed by atoms with Crippen LogP contribution in [0.1, 0.15) is 49.5 Å². The average molecular weight is 553 g/mol. The number of likely N-dealkylation sites (tertiary alicyclic amines) is 1. The quantitative estimate of drug-likeness (QED) is 0.430.